The van der Waals surface area contributed by atoms with Crippen molar-refractivity contribution in [2.24, 2.45) is 0 Å². The summed E-state index contributed by atoms with van der Waals surface area (Å²) in [4.78, 5) is 2.41. The molecular weight excluding hydrogens is 579 g/mol. The van der Waals surface area contributed by atoms with Gasteiger partial charge in [0.2, 0.25) is 0 Å². The molecule has 0 atom stereocenters. The van der Waals surface area contributed by atoms with Gasteiger partial charge in [0.1, 0.15) is 0 Å². The molecule has 1 aliphatic carbocycles. The van der Waals surface area contributed by atoms with E-state index in [-0.39, 0.29) is 5.41 Å². The number of rotatable bonds is 5. The molecule has 8 aromatic carbocycles. The van der Waals surface area contributed by atoms with Crippen molar-refractivity contribution < 1.29 is 0 Å². The molecule has 1 heteroatoms. The van der Waals surface area contributed by atoms with Crippen LogP contribution in [0.2, 0.25) is 0 Å². The van der Waals surface area contributed by atoms with Crippen LogP contribution in [0.3, 0.4) is 0 Å². The Hall–Kier alpha value is -5.92. The Balaban J connectivity index is 1.16. The number of hydrogen-bond acceptors (Lipinski definition) is 1. The third-order valence-corrected chi connectivity index (χ3v) is 10.2. The number of benzene rings is 8. The first-order valence-electron chi connectivity index (χ1n) is 16.8. The lowest BCUT2D eigenvalue weighted by Crippen LogP contribution is -2.16. The highest BCUT2D eigenvalue weighted by Gasteiger charge is 2.36. The van der Waals surface area contributed by atoms with E-state index < -0.39 is 0 Å². The zero-order valence-electron chi connectivity index (χ0n) is 27.2. The van der Waals surface area contributed by atoms with Crippen molar-refractivity contribution in [3.63, 3.8) is 0 Å². The van der Waals surface area contributed by atoms with Crippen molar-refractivity contribution in [3.05, 3.63) is 187 Å². The van der Waals surface area contributed by atoms with Gasteiger partial charge in [0.15, 0.2) is 0 Å². The largest absolute Gasteiger partial charge is 0.310 e. The molecule has 0 bridgehead atoms. The van der Waals surface area contributed by atoms with Gasteiger partial charge in [-0.1, -0.05) is 135 Å². The molecule has 48 heavy (non-hydrogen) atoms. The maximum Gasteiger partial charge on any atom is 0.0468 e. The average molecular weight is 614 g/mol. The van der Waals surface area contributed by atoms with Crippen LogP contribution >= 0.6 is 0 Å². The fourth-order valence-electron chi connectivity index (χ4n) is 7.62. The molecular formula is C47H35N. The molecule has 0 unspecified atom stereocenters. The minimum atomic E-state index is -0.118. The van der Waals surface area contributed by atoms with Crippen LogP contribution in [-0.2, 0) is 5.41 Å². The molecule has 9 rings (SSSR count). The minimum Gasteiger partial charge on any atom is -0.310 e. The molecule has 228 valence electrons. The molecule has 0 spiro atoms. The van der Waals surface area contributed by atoms with E-state index in [4.69, 9.17) is 0 Å². The van der Waals surface area contributed by atoms with Crippen LogP contribution in [0.15, 0.2) is 176 Å². The number of nitrogens with zero attached hydrogens (tertiary/aromatic N) is 1. The van der Waals surface area contributed by atoms with Gasteiger partial charge in [-0.25, -0.2) is 0 Å². The first-order valence-corrected chi connectivity index (χ1v) is 16.8. The Labute approximate surface area is 282 Å². The molecule has 0 aliphatic heterocycles. The maximum atomic E-state index is 2.42. The summed E-state index contributed by atoms with van der Waals surface area (Å²) in [5.74, 6) is 0. The van der Waals surface area contributed by atoms with Crippen molar-refractivity contribution in [2.45, 2.75) is 19.3 Å². The summed E-state index contributed by atoms with van der Waals surface area (Å²) in [6.07, 6.45) is 0. The third kappa shape index (κ3) is 4.70. The predicted octanol–water partition coefficient (Wildman–Crippen LogP) is 13.1. The van der Waals surface area contributed by atoms with E-state index in [1.54, 1.807) is 0 Å². The van der Waals surface area contributed by atoms with Gasteiger partial charge in [-0.15, -0.1) is 0 Å². The van der Waals surface area contributed by atoms with Crippen molar-refractivity contribution in [1.29, 1.82) is 0 Å². The van der Waals surface area contributed by atoms with E-state index in [9.17, 15) is 0 Å². The Morgan fingerprint density at radius 2 is 0.854 bits per heavy atom. The molecule has 0 aromatic heterocycles. The van der Waals surface area contributed by atoms with Crippen LogP contribution in [0.4, 0.5) is 17.1 Å². The zero-order valence-corrected chi connectivity index (χ0v) is 27.2. The van der Waals surface area contributed by atoms with E-state index in [2.05, 4.69) is 195 Å². The first kappa shape index (κ1) is 28.3. The molecule has 0 saturated carbocycles. The molecule has 0 N–H and O–H groups in total. The second-order valence-electron chi connectivity index (χ2n) is 13.5. The maximum absolute atomic E-state index is 2.42. The smallest absolute Gasteiger partial charge is 0.0468 e. The highest BCUT2D eigenvalue weighted by atomic mass is 15.1. The van der Waals surface area contributed by atoms with E-state index in [0.717, 1.165) is 17.1 Å². The van der Waals surface area contributed by atoms with Gasteiger partial charge < -0.3 is 4.90 Å². The van der Waals surface area contributed by atoms with E-state index in [1.807, 2.05) is 0 Å². The van der Waals surface area contributed by atoms with E-state index >= 15 is 0 Å². The minimum absolute atomic E-state index is 0.118. The molecule has 0 radical (unpaired) electrons. The SMILES string of the molecule is CC1(C)c2cc(N(c3ccc(-c4cccc(-c5ccccc5)c4)cc3)c3ccc4ccccc4c3)ccc2-c2cc3ccccc3cc21. The molecule has 0 amide bonds. The second kappa shape index (κ2) is 11.1. The third-order valence-electron chi connectivity index (χ3n) is 10.2. The number of anilines is 3. The Morgan fingerprint density at radius 1 is 0.333 bits per heavy atom. The van der Waals surface area contributed by atoms with Crippen LogP contribution < -0.4 is 4.90 Å². The predicted molar refractivity (Wildman–Crippen MR) is 205 cm³/mol. The second-order valence-corrected chi connectivity index (χ2v) is 13.5. The summed E-state index contributed by atoms with van der Waals surface area (Å²) >= 11 is 0. The Morgan fingerprint density at radius 3 is 1.58 bits per heavy atom. The Kier molecular flexibility index (Phi) is 6.55. The topological polar surface area (TPSA) is 3.24 Å². The van der Waals surface area contributed by atoms with Crippen LogP contribution in [0.25, 0.3) is 54.9 Å². The highest BCUT2D eigenvalue weighted by Crippen LogP contribution is 2.52. The summed E-state index contributed by atoms with van der Waals surface area (Å²) in [6, 6.07) is 64.4. The number of hydrogen-bond donors (Lipinski definition) is 0. The standard InChI is InChI=1S/C47H35N/c1-47(2)45-30-39-16-9-8-15-38(39)29-44(45)43-26-25-42(31-46(43)47)48(41-24-21-33-13-6-7-14-37(33)28-41)40-22-19-34(20-23-40)36-18-10-17-35(27-36)32-11-4-3-5-12-32/h3-31H,1-2H3. The lowest BCUT2D eigenvalue weighted by molar-refractivity contribution is 0.661. The van der Waals surface area contributed by atoms with Gasteiger partial charge in [0, 0.05) is 22.5 Å². The normalized spacial score (nSPS) is 13.0. The van der Waals surface area contributed by atoms with Crippen molar-refractivity contribution in [1.82, 2.24) is 0 Å². The van der Waals surface area contributed by atoms with E-state index in [1.165, 1.54) is 66.1 Å². The van der Waals surface area contributed by atoms with Gasteiger partial charge in [-0.2, -0.15) is 0 Å². The molecule has 0 heterocycles. The molecule has 0 saturated heterocycles. The monoisotopic (exact) mass is 613 g/mol. The lowest BCUT2D eigenvalue weighted by atomic mass is 9.81. The van der Waals surface area contributed by atoms with Gasteiger partial charge in [0.05, 0.1) is 0 Å². The average Bonchev–Trinajstić information content (AvgIpc) is 3.36. The van der Waals surface area contributed by atoms with Gasteiger partial charge in [0.25, 0.3) is 0 Å². The molecule has 1 nitrogen and oxygen atoms in total. The first-order chi connectivity index (χ1) is 23.5. The molecule has 1 aliphatic rings. The zero-order chi connectivity index (χ0) is 32.2. The summed E-state index contributed by atoms with van der Waals surface area (Å²) in [5.41, 5.74) is 13.6. The highest BCUT2D eigenvalue weighted by molar-refractivity contribution is 5.95. The van der Waals surface area contributed by atoms with Gasteiger partial charge >= 0.3 is 0 Å². The van der Waals surface area contributed by atoms with Crippen LogP contribution in [-0.4, -0.2) is 0 Å². The van der Waals surface area contributed by atoms with Crippen molar-refractivity contribution in [3.8, 4) is 33.4 Å². The van der Waals surface area contributed by atoms with Crippen LogP contribution in [0.5, 0.6) is 0 Å². The number of fused-ring (bicyclic) bond motifs is 5. The van der Waals surface area contributed by atoms with Crippen LogP contribution in [0, 0.1) is 0 Å². The summed E-state index contributed by atoms with van der Waals surface area (Å²) < 4.78 is 0. The molecule has 0 fully saturated rings. The summed E-state index contributed by atoms with van der Waals surface area (Å²) in [5, 5.41) is 5.06. The van der Waals surface area contributed by atoms with Crippen molar-refractivity contribution in [2.75, 3.05) is 4.90 Å². The van der Waals surface area contributed by atoms with Gasteiger partial charge in [-0.05, 0) is 121 Å². The lowest BCUT2D eigenvalue weighted by Gasteiger charge is -2.28. The fourth-order valence-corrected chi connectivity index (χ4v) is 7.62. The summed E-state index contributed by atoms with van der Waals surface area (Å²) in [6.45, 7) is 4.74. The quantitative estimate of drug-likeness (QED) is 0.187. The fraction of sp³-hybridized carbons (Fsp3) is 0.0638. The van der Waals surface area contributed by atoms with E-state index in [0.29, 0.717) is 0 Å². The van der Waals surface area contributed by atoms with Crippen LogP contribution in [0.1, 0.15) is 25.0 Å². The molecule has 8 aromatic rings. The van der Waals surface area contributed by atoms with Crippen molar-refractivity contribution >= 4 is 38.6 Å². The summed E-state index contributed by atoms with van der Waals surface area (Å²) in [7, 11) is 0. The van der Waals surface area contributed by atoms with Gasteiger partial charge in [-0.3, -0.25) is 0 Å². The Bertz CT molecular complexity index is 2470.